The number of carbonyl (C=O) groups is 1. The van der Waals surface area contributed by atoms with Crippen molar-refractivity contribution in [2.24, 2.45) is 0 Å². The predicted molar refractivity (Wildman–Crippen MR) is 110 cm³/mol. The van der Waals surface area contributed by atoms with Gasteiger partial charge in [-0.3, -0.25) is 9.89 Å². The maximum absolute atomic E-state index is 13.0. The molecule has 0 saturated heterocycles. The van der Waals surface area contributed by atoms with Gasteiger partial charge in [-0.05, 0) is 49.2 Å². The number of nitrogens with zero attached hydrogens (tertiary/aromatic N) is 2. The van der Waals surface area contributed by atoms with E-state index in [-0.39, 0.29) is 11.4 Å². The second kappa shape index (κ2) is 6.67. The van der Waals surface area contributed by atoms with Crippen molar-refractivity contribution in [2.45, 2.75) is 32.9 Å². The summed E-state index contributed by atoms with van der Waals surface area (Å²) in [6, 6.07) is 5.97. The van der Waals surface area contributed by atoms with Crippen LogP contribution in [0.3, 0.4) is 0 Å². The molecule has 0 bridgehead atoms. The summed E-state index contributed by atoms with van der Waals surface area (Å²) in [6.45, 7) is 6.29. The molecule has 146 valence electrons. The van der Waals surface area contributed by atoms with E-state index in [9.17, 15) is 4.79 Å². The topological polar surface area (TPSA) is 67.5 Å². The summed E-state index contributed by atoms with van der Waals surface area (Å²) in [7, 11) is 3.45. The van der Waals surface area contributed by atoms with E-state index in [0.29, 0.717) is 18.1 Å². The van der Waals surface area contributed by atoms with Crippen LogP contribution in [0, 0.1) is 0 Å². The molecule has 0 unspecified atom stereocenters. The highest BCUT2D eigenvalue weighted by Gasteiger charge is 2.32. The van der Waals surface area contributed by atoms with E-state index in [1.807, 2.05) is 38.3 Å². The molecule has 1 N–H and O–H groups in total. The third kappa shape index (κ3) is 2.96. The monoisotopic (exact) mass is 397 g/mol. The Morgan fingerprint density at radius 1 is 1.32 bits per heavy atom. The van der Waals surface area contributed by atoms with Crippen LogP contribution in [-0.4, -0.2) is 40.7 Å². The Kier molecular flexibility index (Phi) is 4.42. The first kappa shape index (κ1) is 18.6. The number of thiophene rings is 1. The summed E-state index contributed by atoms with van der Waals surface area (Å²) in [6.07, 6.45) is 0. The predicted octanol–water partition coefficient (Wildman–Crippen LogP) is 4.58. The molecule has 1 aliphatic heterocycles. The fourth-order valence-corrected chi connectivity index (χ4v) is 3.86. The number of benzene rings is 1. The second-order valence-electron chi connectivity index (χ2n) is 7.81. The zero-order chi connectivity index (χ0) is 20.1. The SMILES string of the molecule is COc1cc2c(cc1-c1ccsc1)-c1n[nH]c(C(=O)N(C)C(C)(C)C)c1CO2. The first-order valence-corrected chi connectivity index (χ1v) is 9.98. The third-order valence-electron chi connectivity index (χ3n) is 5.15. The number of hydrogen-bond donors (Lipinski definition) is 1. The van der Waals surface area contributed by atoms with Crippen molar-refractivity contribution in [1.82, 2.24) is 15.1 Å². The van der Waals surface area contributed by atoms with Crippen LogP contribution in [0.25, 0.3) is 22.4 Å². The van der Waals surface area contributed by atoms with E-state index in [2.05, 4.69) is 21.6 Å². The first-order valence-electron chi connectivity index (χ1n) is 9.04. The molecular weight excluding hydrogens is 374 g/mol. The highest BCUT2D eigenvalue weighted by Crippen LogP contribution is 2.44. The average Bonchev–Trinajstić information content (AvgIpc) is 3.34. The number of ether oxygens (including phenoxy) is 2. The van der Waals surface area contributed by atoms with Crippen molar-refractivity contribution in [3.63, 3.8) is 0 Å². The lowest BCUT2D eigenvalue weighted by Gasteiger charge is -2.32. The maximum Gasteiger partial charge on any atom is 0.272 e. The van der Waals surface area contributed by atoms with Crippen LogP contribution in [0.1, 0.15) is 36.8 Å². The summed E-state index contributed by atoms with van der Waals surface area (Å²) < 4.78 is 11.5. The van der Waals surface area contributed by atoms with Crippen molar-refractivity contribution in [3.05, 3.63) is 40.2 Å². The maximum atomic E-state index is 13.0. The van der Waals surface area contributed by atoms with Crippen molar-refractivity contribution >= 4 is 17.2 Å². The Labute approximate surface area is 168 Å². The molecule has 0 atom stereocenters. The average molecular weight is 398 g/mol. The zero-order valence-electron chi connectivity index (χ0n) is 16.6. The quantitative estimate of drug-likeness (QED) is 0.703. The van der Waals surface area contributed by atoms with Crippen LogP contribution in [0.5, 0.6) is 11.5 Å². The molecule has 28 heavy (non-hydrogen) atoms. The molecule has 3 heterocycles. The Hall–Kier alpha value is -2.80. The lowest BCUT2D eigenvalue weighted by molar-refractivity contribution is 0.0647. The molecule has 1 aromatic carbocycles. The van der Waals surface area contributed by atoms with Gasteiger partial charge >= 0.3 is 0 Å². The largest absolute Gasteiger partial charge is 0.496 e. The van der Waals surface area contributed by atoms with Crippen LogP contribution in [-0.2, 0) is 6.61 Å². The van der Waals surface area contributed by atoms with Gasteiger partial charge in [0.05, 0.1) is 7.11 Å². The number of nitrogens with one attached hydrogen (secondary N) is 1. The molecule has 3 aromatic rings. The molecule has 0 spiro atoms. The van der Waals surface area contributed by atoms with Gasteiger partial charge in [-0.2, -0.15) is 16.4 Å². The summed E-state index contributed by atoms with van der Waals surface area (Å²) in [5, 5.41) is 11.5. The standard InChI is InChI=1S/C21H23N3O3S/c1-21(2,3)24(4)20(25)19-15-10-27-17-9-16(26-5)13(12-6-7-28-11-12)8-14(17)18(15)22-23-19/h6-9,11H,10H2,1-5H3,(H,22,23). The van der Waals surface area contributed by atoms with Gasteiger partial charge in [0.25, 0.3) is 5.91 Å². The van der Waals surface area contributed by atoms with Crippen LogP contribution in [0.15, 0.2) is 29.0 Å². The molecular formula is C21H23N3O3S. The van der Waals surface area contributed by atoms with Crippen LogP contribution in [0.2, 0.25) is 0 Å². The Morgan fingerprint density at radius 2 is 2.11 bits per heavy atom. The van der Waals surface area contributed by atoms with E-state index >= 15 is 0 Å². The number of hydrogen-bond acceptors (Lipinski definition) is 5. The van der Waals surface area contributed by atoms with Crippen LogP contribution < -0.4 is 9.47 Å². The number of aromatic nitrogens is 2. The van der Waals surface area contributed by atoms with Gasteiger partial charge in [-0.1, -0.05) is 0 Å². The van der Waals surface area contributed by atoms with E-state index in [1.54, 1.807) is 30.4 Å². The smallest absolute Gasteiger partial charge is 0.272 e. The summed E-state index contributed by atoms with van der Waals surface area (Å²) in [5.74, 6) is 1.36. The van der Waals surface area contributed by atoms with Gasteiger partial charge in [-0.15, -0.1) is 0 Å². The molecule has 7 heteroatoms. The lowest BCUT2D eigenvalue weighted by atomic mass is 9.97. The molecule has 0 radical (unpaired) electrons. The van der Waals surface area contributed by atoms with E-state index in [0.717, 1.165) is 33.7 Å². The fourth-order valence-electron chi connectivity index (χ4n) is 3.21. The van der Waals surface area contributed by atoms with E-state index in [1.165, 1.54) is 0 Å². The minimum absolute atomic E-state index is 0.0973. The highest BCUT2D eigenvalue weighted by atomic mass is 32.1. The number of aromatic amines is 1. The fraction of sp³-hybridized carbons (Fsp3) is 0.333. The number of amides is 1. The highest BCUT2D eigenvalue weighted by molar-refractivity contribution is 7.08. The van der Waals surface area contributed by atoms with Crippen molar-refractivity contribution in [2.75, 3.05) is 14.2 Å². The summed E-state index contributed by atoms with van der Waals surface area (Å²) in [4.78, 5) is 14.7. The van der Waals surface area contributed by atoms with Crippen molar-refractivity contribution < 1.29 is 14.3 Å². The molecule has 1 amide bonds. The number of H-pyrrole nitrogens is 1. The molecule has 6 nitrogen and oxygen atoms in total. The molecule has 0 fully saturated rings. The van der Waals surface area contributed by atoms with Crippen molar-refractivity contribution in [1.29, 1.82) is 0 Å². The number of carbonyl (C=O) groups excluding carboxylic acids is 1. The number of methoxy groups -OCH3 is 1. The lowest BCUT2D eigenvalue weighted by Crippen LogP contribution is -2.43. The van der Waals surface area contributed by atoms with E-state index < -0.39 is 0 Å². The molecule has 4 rings (SSSR count). The van der Waals surface area contributed by atoms with Crippen molar-refractivity contribution in [3.8, 4) is 33.9 Å². The number of rotatable bonds is 3. The van der Waals surface area contributed by atoms with Gasteiger partial charge in [0.2, 0.25) is 0 Å². The minimum atomic E-state index is -0.290. The van der Waals surface area contributed by atoms with Gasteiger partial charge < -0.3 is 14.4 Å². The second-order valence-corrected chi connectivity index (χ2v) is 8.59. The van der Waals surface area contributed by atoms with Gasteiger partial charge in [0.15, 0.2) is 0 Å². The van der Waals surface area contributed by atoms with Crippen LogP contribution >= 0.6 is 11.3 Å². The summed E-state index contributed by atoms with van der Waals surface area (Å²) >= 11 is 1.63. The normalized spacial score (nSPS) is 12.8. The van der Waals surface area contributed by atoms with Gasteiger partial charge in [-0.25, -0.2) is 0 Å². The first-order chi connectivity index (χ1) is 13.3. The minimum Gasteiger partial charge on any atom is -0.496 e. The van der Waals surface area contributed by atoms with Gasteiger partial charge in [0.1, 0.15) is 29.5 Å². The Balaban J connectivity index is 1.81. The summed E-state index contributed by atoms with van der Waals surface area (Å²) in [5.41, 5.74) is 4.64. The zero-order valence-corrected chi connectivity index (χ0v) is 17.4. The molecule has 0 saturated carbocycles. The third-order valence-corrected chi connectivity index (χ3v) is 5.84. The Morgan fingerprint density at radius 3 is 2.75 bits per heavy atom. The van der Waals surface area contributed by atoms with Gasteiger partial charge in [0, 0.05) is 35.3 Å². The van der Waals surface area contributed by atoms with Crippen LogP contribution in [0.4, 0.5) is 0 Å². The molecule has 1 aliphatic rings. The molecule has 0 aliphatic carbocycles. The molecule has 2 aromatic heterocycles. The Bertz CT molecular complexity index is 1030. The van der Waals surface area contributed by atoms with E-state index in [4.69, 9.17) is 9.47 Å². The number of fused-ring (bicyclic) bond motifs is 3.